The van der Waals surface area contributed by atoms with Crippen molar-refractivity contribution in [2.24, 2.45) is 0 Å². The van der Waals surface area contributed by atoms with Crippen LogP contribution in [0.2, 0.25) is 0 Å². The predicted octanol–water partition coefficient (Wildman–Crippen LogP) is 17.3. The van der Waals surface area contributed by atoms with Crippen molar-refractivity contribution in [3.8, 4) is 22.3 Å². The number of aryl methyl sites for hydroxylation is 1. The molecule has 0 saturated heterocycles. The fourth-order valence-corrected chi connectivity index (χ4v) is 9.79. The summed E-state index contributed by atoms with van der Waals surface area (Å²) in [7, 11) is 0. The molecule has 0 aromatic heterocycles. The zero-order valence-electron chi connectivity index (χ0n) is 40.2. The van der Waals surface area contributed by atoms with Gasteiger partial charge in [0.2, 0.25) is 0 Å². The molecule has 1 atom stereocenters. The topological polar surface area (TPSA) is 3.24 Å². The molecule has 0 N–H and O–H groups in total. The van der Waals surface area contributed by atoms with Gasteiger partial charge >= 0.3 is 0 Å². The molecular formula is C66H63N. The molecule has 7 aromatic rings. The number of hydrogen-bond donors (Lipinski definition) is 0. The molecule has 0 heterocycles. The zero-order chi connectivity index (χ0) is 46.9. The lowest BCUT2D eigenvalue weighted by Gasteiger charge is -2.30. The van der Waals surface area contributed by atoms with Gasteiger partial charge in [-0.15, -0.1) is 0 Å². The van der Waals surface area contributed by atoms with Crippen LogP contribution >= 0.6 is 0 Å². The SMILES string of the molecule is C=C/C=c1/cc(-c2c3ccccc3c(-c3ccc4ccccc4c3)c3cc(C4C=CC(/C=C/C(C5=CCCC=C5)=C(\C=C/C)N(C(=C)C)c5ccccc5C)=CC4)ccc23)cc/c1=C/C.CC. The normalized spacial score (nSPS) is 15.8. The molecular weight excluding hydrogens is 807 g/mol. The van der Waals surface area contributed by atoms with Crippen LogP contribution in [0, 0.1) is 6.92 Å². The highest BCUT2D eigenvalue weighted by molar-refractivity contribution is 6.22. The Labute approximate surface area is 399 Å². The lowest BCUT2D eigenvalue weighted by molar-refractivity contribution is 0.850. The van der Waals surface area contributed by atoms with Crippen molar-refractivity contribution in [1.29, 1.82) is 0 Å². The van der Waals surface area contributed by atoms with Crippen LogP contribution in [0.25, 0.3) is 66.7 Å². The van der Waals surface area contributed by atoms with Crippen molar-refractivity contribution in [3.05, 3.63) is 257 Å². The van der Waals surface area contributed by atoms with Gasteiger partial charge in [-0.1, -0.05) is 203 Å². The van der Waals surface area contributed by atoms with E-state index >= 15 is 0 Å². The summed E-state index contributed by atoms with van der Waals surface area (Å²) in [5.74, 6) is 0.238. The zero-order valence-corrected chi connectivity index (χ0v) is 40.2. The highest BCUT2D eigenvalue weighted by Crippen LogP contribution is 2.45. The molecule has 2 aliphatic carbocycles. The number of para-hydroxylation sites is 1. The number of anilines is 1. The Bertz CT molecular complexity index is 3370. The van der Waals surface area contributed by atoms with Crippen LogP contribution in [-0.4, -0.2) is 0 Å². The Morgan fingerprint density at radius 3 is 2.06 bits per heavy atom. The molecule has 0 amide bonds. The standard InChI is InChI=1S/C64H57N.C2H6/c1-7-19-51-41-54(36-34-47(51)9-3)63-57-26-16-17-27-58(57)64(55-37-35-48-22-14-15-25-52(48)42-55)60-43-53(38-40-59(60)63)49-32-29-46(30-33-49)31-39-56(50-23-11-10-12-24-50)62(20-8-2)65(44(4)5)61-28-18-13-21-45(61)6;1-2/h7-9,11,13-32,34-43,49H,1,4,10,12,33H2,2-3,5-6H3;1-2H3/b20-8-,39-31+,47-9-,51-19-,62-56-;. The lowest BCUT2D eigenvalue weighted by atomic mass is 9.82. The van der Waals surface area contributed by atoms with E-state index in [-0.39, 0.29) is 5.92 Å². The summed E-state index contributed by atoms with van der Waals surface area (Å²) in [6.45, 7) is 21.0. The minimum Gasteiger partial charge on any atom is -0.314 e. The minimum atomic E-state index is 0.238. The molecule has 1 nitrogen and oxygen atoms in total. The Morgan fingerprint density at radius 2 is 1.37 bits per heavy atom. The minimum absolute atomic E-state index is 0.238. The van der Waals surface area contributed by atoms with Crippen LogP contribution in [0.3, 0.4) is 0 Å². The molecule has 1 heteroatoms. The highest BCUT2D eigenvalue weighted by atomic mass is 15.2. The Morgan fingerprint density at radius 1 is 0.672 bits per heavy atom. The van der Waals surface area contributed by atoms with Gasteiger partial charge in [-0.25, -0.2) is 0 Å². The van der Waals surface area contributed by atoms with Crippen molar-refractivity contribution in [3.63, 3.8) is 0 Å². The third-order valence-corrected chi connectivity index (χ3v) is 13.0. The molecule has 0 radical (unpaired) electrons. The quantitative estimate of drug-likeness (QED) is 0.0925. The molecule has 0 spiro atoms. The van der Waals surface area contributed by atoms with Gasteiger partial charge in [0.1, 0.15) is 0 Å². The first-order valence-electron chi connectivity index (χ1n) is 24.1. The van der Waals surface area contributed by atoms with Crippen molar-refractivity contribution in [2.75, 3.05) is 4.90 Å². The van der Waals surface area contributed by atoms with Crippen LogP contribution in [0.1, 0.15) is 70.9 Å². The highest BCUT2D eigenvalue weighted by Gasteiger charge is 2.21. The third kappa shape index (κ3) is 9.60. The smallest absolute Gasteiger partial charge is 0.0533 e. The van der Waals surface area contributed by atoms with E-state index in [1.807, 2.05) is 19.9 Å². The fraction of sp³-hybridized carbons (Fsp3) is 0.152. The second kappa shape index (κ2) is 21.2. The number of benzene rings is 7. The molecule has 0 aliphatic heterocycles. The maximum Gasteiger partial charge on any atom is 0.0533 e. The van der Waals surface area contributed by atoms with Gasteiger partial charge in [0.25, 0.3) is 0 Å². The summed E-state index contributed by atoms with van der Waals surface area (Å²) in [5, 5.41) is 9.89. The van der Waals surface area contributed by atoms with E-state index in [1.165, 1.54) is 92.9 Å². The first-order chi connectivity index (χ1) is 32.9. The van der Waals surface area contributed by atoms with Gasteiger partial charge in [-0.05, 0) is 165 Å². The average Bonchev–Trinajstić information content (AvgIpc) is 3.37. The van der Waals surface area contributed by atoms with E-state index in [0.717, 1.165) is 36.3 Å². The van der Waals surface area contributed by atoms with Gasteiger partial charge in [0.05, 0.1) is 5.70 Å². The molecule has 0 saturated carbocycles. The predicted molar refractivity (Wildman–Crippen MR) is 296 cm³/mol. The molecule has 0 bridgehead atoms. The molecule has 332 valence electrons. The summed E-state index contributed by atoms with van der Waals surface area (Å²) in [6, 6.07) is 47.2. The van der Waals surface area contributed by atoms with Crippen LogP contribution in [0.15, 0.2) is 236 Å². The van der Waals surface area contributed by atoms with E-state index in [1.54, 1.807) is 0 Å². The summed E-state index contributed by atoms with van der Waals surface area (Å²) in [6.07, 6.45) is 32.2. The Hall–Kier alpha value is -7.48. The van der Waals surface area contributed by atoms with Crippen LogP contribution in [0.4, 0.5) is 5.69 Å². The molecule has 7 aromatic carbocycles. The maximum atomic E-state index is 4.46. The molecule has 1 unspecified atom stereocenters. The van der Waals surface area contributed by atoms with E-state index in [0.29, 0.717) is 0 Å². The van der Waals surface area contributed by atoms with E-state index in [9.17, 15) is 0 Å². The van der Waals surface area contributed by atoms with Crippen LogP contribution < -0.4 is 15.3 Å². The first kappa shape index (κ1) is 46.1. The Balaban J connectivity index is 0.00000300. The van der Waals surface area contributed by atoms with Gasteiger partial charge in [0, 0.05) is 22.9 Å². The van der Waals surface area contributed by atoms with Crippen molar-refractivity contribution in [2.45, 2.75) is 66.7 Å². The third-order valence-electron chi connectivity index (χ3n) is 13.0. The largest absolute Gasteiger partial charge is 0.314 e. The summed E-state index contributed by atoms with van der Waals surface area (Å²) >= 11 is 0. The van der Waals surface area contributed by atoms with Crippen molar-refractivity contribution >= 4 is 50.2 Å². The summed E-state index contributed by atoms with van der Waals surface area (Å²) in [4.78, 5) is 2.30. The summed E-state index contributed by atoms with van der Waals surface area (Å²) in [5.41, 5.74) is 14.3. The van der Waals surface area contributed by atoms with Crippen molar-refractivity contribution < 1.29 is 0 Å². The van der Waals surface area contributed by atoms with Crippen molar-refractivity contribution in [1.82, 2.24) is 0 Å². The van der Waals surface area contributed by atoms with Crippen LogP contribution in [0.5, 0.6) is 0 Å². The molecule has 0 fully saturated rings. The molecule has 2 aliphatic rings. The second-order valence-electron chi connectivity index (χ2n) is 17.2. The first-order valence-corrected chi connectivity index (χ1v) is 24.1. The monoisotopic (exact) mass is 869 g/mol. The van der Waals surface area contributed by atoms with Gasteiger partial charge in [-0.2, -0.15) is 0 Å². The number of nitrogens with zero attached hydrogens (tertiary/aromatic N) is 1. The maximum absolute atomic E-state index is 4.46. The number of allylic oxidation sites excluding steroid dienone is 15. The molecule has 9 rings (SSSR count). The van der Waals surface area contributed by atoms with E-state index in [2.05, 4.69) is 246 Å². The van der Waals surface area contributed by atoms with Gasteiger partial charge < -0.3 is 4.90 Å². The average molecular weight is 870 g/mol. The van der Waals surface area contributed by atoms with Crippen LogP contribution in [-0.2, 0) is 0 Å². The van der Waals surface area contributed by atoms with E-state index in [4.69, 9.17) is 0 Å². The molecule has 67 heavy (non-hydrogen) atoms. The summed E-state index contributed by atoms with van der Waals surface area (Å²) < 4.78 is 0. The number of fused-ring (bicyclic) bond motifs is 3. The van der Waals surface area contributed by atoms with Gasteiger partial charge in [0.15, 0.2) is 0 Å². The number of rotatable bonds is 11. The number of hydrogen-bond acceptors (Lipinski definition) is 1. The van der Waals surface area contributed by atoms with Gasteiger partial charge in [-0.3, -0.25) is 0 Å². The lowest BCUT2D eigenvalue weighted by Crippen LogP contribution is -2.23. The second-order valence-corrected chi connectivity index (χ2v) is 17.2. The fourth-order valence-electron chi connectivity index (χ4n) is 9.79. The Kier molecular flexibility index (Phi) is 14.6. The van der Waals surface area contributed by atoms with E-state index < -0.39 is 0 Å².